The third kappa shape index (κ3) is 4.19. The predicted octanol–water partition coefficient (Wildman–Crippen LogP) is 1.83. The number of aromatic nitrogens is 2. The van der Waals surface area contributed by atoms with Gasteiger partial charge < -0.3 is 9.47 Å². The highest BCUT2D eigenvalue weighted by Crippen LogP contribution is 2.42. The van der Waals surface area contributed by atoms with Gasteiger partial charge in [0.2, 0.25) is 10.0 Å². The minimum Gasteiger partial charge on any atom is -0.493 e. The van der Waals surface area contributed by atoms with Gasteiger partial charge in [-0.25, -0.2) is 13.1 Å². The normalized spacial score (nSPS) is 26.0. The van der Waals surface area contributed by atoms with Crippen LogP contribution in [0.1, 0.15) is 24.5 Å². The lowest BCUT2D eigenvalue weighted by molar-refractivity contribution is 0.0306. The fourth-order valence-corrected chi connectivity index (χ4v) is 5.39. The quantitative estimate of drug-likeness (QED) is 0.716. The highest BCUT2D eigenvalue weighted by Gasteiger charge is 2.41. The molecule has 0 saturated carbocycles. The topological polar surface area (TPSA) is 85.7 Å². The first-order chi connectivity index (χ1) is 14.3. The van der Waals surface area contributed by atoms with Crippen LogP contribution >= 0.6 is 0 Å². The van der Waals surface area contributed by atoms with Crippen molar-refractivity contribution in [2.45, 2.75) is 24.8 Å². The van der Waals surface area contributed by atoms with E-state index in [1.54, 1.807) is 14.2 Å². The van der Waals surface area contributed by atoms with Gasteiger partial charge in [-0.3, -0.25) is 9.58 Å². The van der Waals surface area contributed by atoms with Crippen LogP contribution in [0.5, 0.6) is 11.5 Å². The van der Waals surface area contributed by atoms with Crippen molar-refractivity contribution in [3.8, 4) is 22.8 Å². The Labute approximate surface area is 178 Å². The molecule has 4 atom stereocenters. The van der Waals surface area contributed by atoms with E-state index in [4.69, 9.17) is 14.6 Å². The molecule has 9 heteroatoms. The highest BCUT2D eigenvalue weighted by atomic mass is 32.2. The molecule has 164 valence electrons. The van der Waals surface area contributed by atoms with Gasteiger partial charge in [-0.2, -0.15) is 5.10 Å². The van der Waals surface area contributed by atoms with Gasteiger partial charge in [-0.15, -0.1) is 0 Å². The van der Waals surface area contributed by atoms with Gasteiger partial charge in [0.15, 0.2) is 11.5 Å². The molecule has 4 unspecified atom stereocenters. The van der Waals surface area contributed by atoms with E-state index in [-0.39, 0.29) is 6.04 Å². The van der Waals surface area contributed by atoms with Gasteiger partial charge in [0, 0.05) is 43.4 Å². The zero-order valence-electron chi connectivity index (χ0n) is 18.0. The fourth-order valence-electron chi connectivity index (χ4n) is 4.90. The number of piperidine rings is 3. The number of nitrogens with zero attached hydrogens (tertiary/aromatic N) is 3. The van der Waals surface area contributed by atoms with E-state index in [1.807, 2.05) is 29.9 Å². The number of benzene rings is 1. The number of fused-ring (bicyclic) bond motifs is 3. The lowest BCUT2D eigenvalue weighted by atomic mass is 9.74. The van der Waals surface area contributed by atoms with Crippen LogP contribution in [-0.4, -0.2) is 69.2 Å². The lowest BCUT2D eigenvalue weighted by Crippen LogP contribution is -2.56. The predicted molar refractivity (Wildman–Crippen MR) is 115 cm³/mol. The van der Waals surface area contributed by atoms with Gasteiger partial charge in [-0.05, 0) is 49.6 Å². The molecule has 30 heavy (non-hydrogen) atoms. The Morgan fingerprint density at radius 3 is 2.60 bits per heavy atom. The van der Waals surface area contributed by atoms with E-state index in [1.165, 1.54) is 11.9 Å². The summed E-state index contributed by atoms with van der Waals surface area (Å²) >= 11 is 0. The second-order valence-corrected chi connectivity index (χ2v) is 10.1. The Bertz CT molecular complexity index is 1020. The molecule has 1 aromatic carbocycles. The van der Waals surface area contributed by atoms with Gasteiger partial charge in [-0.1, -0.05) is 0 Å². The Morgan fingerprint density at radius 1 is 1.20 bits per heavy atom. The molecule has 5 rings (SSSR count). The molecule has 2 bridgehead atoms. The average Bonchev–Trinajstić information content (AvgIpc) is 3.13. The molecule has 0 aliphatic carbocycles. The number of hydrogen-bond donors (Lipinski definition) is 1. The van der Waals surface area contributed by atoms with Crippen molar-refractivity contribution in [1.82, 2.24) is 19.4 Å². The summed E-state index contributed by atoms with van der Waals surface area (Å²) in [5.74, 6) is 2.32. The van der Waals surface area contributed by atoms with Gasteiger partial charge >= 0.3 is 0 Å². The Balaban J connectivity index is 1.53. The Kier molecular flexibility index (Phi) is 5.78. The number of nitrogens with one attached hydrogen (secondary N) is 1. The summed E-state index contributed by atoms with van der Waals surface area (Å²) in [4.78, 5) is 2.42. The van der Waals surface area contributed by atoms with Crippen LogP contribution < -0.4 is 14.2 Å². The molecule has 0 radical (unpaired) electrons. The maximum absolute atomic E-state index is 11.5. The Hall–Kier alpha value is -2.10. The van der Waals surface area contributed by atoms with Crippen molar-refractivity contribution < 1.29 is 17.9 Å². The molecule has 0 amide bonds. The molecule has 1 N–H and O–H groups in total. The molecule has 1 aromatic heterocycles. The molecule has 0 spiro atoms. The molecule has 3 fully saturated rings. The van der Waals surface area contributed by atoms with Crippen LogP contribution in [0.3, 0.4) is 0 Å². The molecule has 3 aliphatic heterocycles. The standard InChI is InChI=1S/C21H30N4O4S/c1-24-19(11-18(23-24)15-5-6-20(28-2)21(10-15)29-3)17-13-25-8-7-14(17)9-16(25)12-22-30(4,26)27/h5-6,10-11,14,16-17,22H,7-9,12-13H2,1-4H3. The summed E-state index contributed by atoms with van der Waals surface area (Å²) in [6.45, 7) is 2.45. The second-order valence-electron chi connectivity index (χ2n) is 8.31. The first-order valence-electron chi connectivity index (χ1n) is 10.2. The zero-order chi connectivity index (χ0) is 21.5. The van der Waals surface area contributed by atoms with Crippen LogP contribution in [0.15, 0.2) is 24.3 Å². The maximum atomic E-state index is 11.5. The summed E-state index contributed by atoms with van der Waals surface area (Å²) in [5, 5.41) is 4.77. The highest BCUT2D eigenvalue weighted by molar-refractivity contribution is 7.88. The molecular formula is C21H30N4O4S. The number of hydrogen-bond acceptors (Lipinski definition) is 6. The SMILES string of the molecule is COc1ccc(-c2cc(C3CN4CCC3CC4CNS(C)(=O)=O)n(C)n2)cc1OC. The average molecular weight is 435 g/mol. The summed E-state index contributed by atoms with van der Waals surface area (Å²) in [6, 6.07) is 8.30. The minimum absolute atomic E-state index is 0.272. The van der Waals surface area contributed by atoms with E-state index in [0.717, 1.165) is 37.2 Å². The number of ether oxygens (including phenoxy) is 2. The van der Waals surface area contributed by atoms with Gasteiger partial charge in [0.05, 0.1) is 26.2 Å². The number of sulfonamides is 1. The summed E-state index contributed by atoms with van der Waals surface area (Å²) in [6.07, 6.45) is 3.36. The van der Waals surface area contributed by atoms with Crippen molar-refractivity contribution in [3.05, 3.63) is 30.0 Å². The second kappa shape index (κ2) is 8.20. The zero-order valence-corrected chi connectivity index (χ0v) is 18.8. The van der Waals surface area contributed by atoms with E-state index < -0.39 is 10.0 Å². The summed E-state index contributed by atoms with van der Waals surface area (Å²) in [7, 11) is 2.10. The van der Waals surface area contributed by atoms with Crippen LogP contribution in [0.2, 0.25) is 0 Å². The molecule has 3 saturated heterocycles. The lowest BCUT2D eigenvalue weighted by Gasteiger charge is -2.49. The van der Waals surface area contributed by atoms with Crippen molar-refractivity contribution in [2.75, 3.05) is 40.1 Å². The van der Waals surface area contributed by atoms with Crippen molar-refractivity contribution in [1.29, 1.82) is 0 Å². The van der Waals surface area contributed by atoms with E-state index >= 15 is 0 Å². The van der Waals surface area contributed by atoms with Crippen molar-refractivity contribution in [2.24, 2.45) is 13.0 Å². The monoisotopic (exact) mass is 434 g/mol. The van der Waals surface area contributed by atoms with Crippen molar-refractivity contribution >= 4 is 10.0 Å². The van der Waals surface area contributed by atoms with Crippen LogP contribution in [-0.2, 0) is 17.1 Å². The van der Waals surface area contributed by atoms with Crippen LogP contribution in [0, 0.1) is 5.92 Å². The van der Waals surface area contributed by atoms with Gasteiger partial charge in [0.25, 0.3) is 0 Å². The molecule has 2 aromatic rings. The Morgan fingerprint density at radius 2 is 1.97 bits per heavy atom. The first kappa shape index (κ1) is 21.1. The number of methoxy groups -OCH3 is 2. The number of rotatable bonds is 7. The van der Waals surface area contributed by atoms with Gasteiger partial charge in [0.1, 0.15) is 0 Å². The third-order valence-electron chi connectivity index (χ3n) is 6.43. The van der Waals surface area contributed by atoms with E-state index in [9.17, 15) is 8.42 Å². The summed E-state index contributed by atoms with van der Waals surface area (Å²) in [5.41, 5.74) is 3.13. The largest absolute Gasteiger partial charge is 0.493 e. The number of aryl methyl sites for hydroxylation is 1. The smallest absolute Gasteiger partial charge is 0.208 e. The van der Waals surface area contributed by atoms with Crippen LogP contribution in [0.25, 0.3) is 11.3 Å². The van der Waals surface area contributed by atoms with Crippen molar-refractivity contribution in [3.63, 3.8) is 0 Å². The molecular weight excluding hydrogens is 404 g/mol. The third-order valence-corrected chi connectivity index (χ3v) is 7.13. The molecule has 4 heterocycles. The summed E-state index contributed by atoms with van der Waals surface area (Å²) < 4.78 is 38.4. The fraction of sp³-hybridized carbons (Fsp3) is 0.571. The molecule has 3 aliphatic rings. The molecule has 8 nitrogen and oxygen atoms in total. The maximum Gasteiger partial charge on any atom is 0.208 e. The van der Waals surface area contributed by atoms with E-state index in [2.05, 4.69) is 15.7 Å². The van der Waals surface area contributed by atoms with E-state index in [0.29, 0.717) is 29.9 Å². The first-order valence-corrected chi connectivity index (χ1v) is 12.1. The minimum atomic E-state index is -3.16. The van der Waals surface area contributed by atoms with Crippen LogP contribution in [0.4, 0.5) is 0 Å².